The van der Waals surface area contributed by atoms with Crippen molar-refractivity contribution in [1.29, 1.82) is 0 Å². The minimum atomic E-state index is 0.173. The predicted molar refractivity (Wildman–Crippen MR) is 35.2 cm³/mol. The Morgan fingerprint density at radius 1 is 1.62 bits per heavy atom. The molecule has 0 aliphatic heterocycles. The van der Waals surface area contributed by atoms with Gasteiger partial charge in [-0.3, -0.25) is 4.79 Å². The van der Waals surface area contributed by atoms with Crippen LogP contribution in [0.15, 0.2) is 12.2 Å². The molecule has 46 valence electrons. The van der Waals surface area contributed by atoms with E-state index in [9.17, 15) is 4.79 Å². The Morgan fingerprint density at radius 3 is 2.62 bits per heavy atom. The molecule has 0 N–H and O–H groups in total. The van der Waals surface area contributed by atoms with Crippen molar-refractivity contribution >= 4 is 17.4 Å². The first-order valence-electron chi connectivity index (χ1n) is 2.47. The lowest BCUT2D eigenvalue weighted by atomic mass is 10.3. The van der Waals surface area contributed by atoms with E-state index in [-0.39, 0.29) is 5.78 Å². The Labute approximate surface area is 54.3 Å². The van der Waals surface area contributed by atoms with Gasteiger partial charge >= 0.3 is 0 Å². The van der Waals surface area contributed by atoms with Crippen LogP contribution < -0.4 is 0 Å². The average molecular weight is 133 g/mol. The fourth-order valence-electron chi connectivity index (χ4n) is 0.312. The lowest BCUT2D eigenvalue weighted by Crippen LogP contribution is -1.83. The van der Waals surface area contributed by atoms with Crippen LogP contribution in [-0.2, 0) is 4.79 Å². The highest BCUT2D eigenvalue weighted by molar-refractivity contribution is 6.18. The van der Waals surface area contributed by atoms with Gasteiger partial charge in [-0.05, 0) is 6.92 Å². The second-order valence-electron chi connectivity index (χ2n) is 1.53. The Kier molecular flexibility index (Phi) is 4.67. The van der Waals surface area contributed by atoms with Crippen LogP contribution >= 0.6 is 11.6 Å². The molecule has 0 aliphatic carbocycles. The third-order valence-electron chi connectivity index (χ3n) is 0.661. The van der Waals surface area contributed by atoms with Gasteiger partial charge in [0.2, 0.25) is 0 Å². The third-order valence-corrected chi connectivity index (χ3v) is 0.839. The highest BCUT2D eigenvalue weighted by atomic mass is 35.5. The first kappa shape index (κ1) is 7.70. The summed E-state index contributed by atoms with van der Waals surface area (Å²) in [4.78, 5) is 10.2. The highest BCUT2D eigenvalue weighted by Gasteiger charge is 1.82. The van der Waals surface area contributed by atoms with Crippen molar-refractivity contribution in [1.82, 2.24) is 0 Å². The molecule has 0 rings (SSSR count). The van der Waals surface area contributed by atoms with Gasteiger partial charge in [0.15, 0.2) is 0 Å². The number of hydrogen-bond acceptors (Lipinski definition) is 1. The minimum Gasteiger partial charge on any atom is -0.300 e. The summed E-state index contributed by atoms with van der Waals surface area (Å²) in [6, 6.07) is 0. The van der Waals surface area contributed by atoms with Crippen molar-refractivity contribution in [3.8, 4) is 0 Å². The lowest BCUT2D eigenvalue weighted by Gasteiger charge is -1.79. The van der Waals surface area contributed by atoms with Gasteiger partial charge in [-0.2, -0.15) is 0 Å². The first-order valence-corrected chi connectivity index (χ1v) is 3.01. The first-order chi connectivity index (χ1) is 3.77. The summed E-state index contributed by atoms with van der Waals surface area (Å²) in [6.45, 7) is 1.55. The SMILES string of the molecule is CC(=O)C/C=C/CCl. The monoisotopic (exact) mass is 132 g/mol. The zero-order chi connectivity index (χ0) is 6.41. The minimum absolute atomic E-state index is 0.173. The molecule has 0 heterocycles. The summed E-state index contributed by atoms with van der Waals surface area (Å²) < 4.78 is 0. The van der Waals surface area contributed by atoms with Crippen LogP contribution in [0.1, 0.15) is 13.3 Å². The average Bonchev–Trinajstić information content (AvgIpc) is 1.66. The highest BCUT2D eigenvalue weighted by Crippen LogP contribution is 1.85. The van der Waals surface area contributed by atoms with Gasteiger partial charge in [-0.15, -0.1) is 11.6 Å². The van der Waals surface area contributed by atoms with E-state index < -0.39 is 0 Å². The molecule has 0 saturated carbocycles. The van der Waals surface area contributed by atoms with E-state index in [4.69, 9.17) is 11.6 Å². The summed E-state index contributed by atoms with van der Waals surface area (Å²) in [6.07, 6.45) is 4.05. The summed E-state index contributed by atoms with van der Waals surface area (Å²) in [5, 5.41) is 0. The molecule has 0 saturated heterocycles. The van der Waals surface area contributed by atoms with Crippen LogP contribution in [0.4, 0.5) is 0 Å². The van der Waals surface area contributed by atoms with Crippen LogP contribution in [0.5, 0.6) is 0 Å². The molecule has 0 bridgehead atoms. The number of hydrogen-bond donors (Lipinski definition) is 0. The standard InChI is InChI=1S/C6H9ClO/c1-6(8)4-2-3-5-7/h2-3H,4-5H2,1H3/b3-2+. The third kappa shape index (κ3) is 5.70. The van der Waals surface area contributed by atoms with Gasteiger partial charge in [-0.1, -0.05) is 12.2 Å². The molecule has 0 aliphatic rings. The zero-order valence-electron chi connectivity index (χ0n) is 4.86. The fourth-order valence-corrected chi connectivity index (χ4v) is 0.438. The number of Topliss-reactive ketones (excluding diaryl/α,β-unsaturated/α-hetero) is 1. The second kappa shape index (κ2) is 4.85. The summed E-state index contributed by atoms with van der Waals surface area (Å²) >= 11 is 5.29. The van der Waals surface area contributed by atoms with Crippen molar-refractivity contribution < 1.29 is 4.79 Å². The van der Waals surface area contributed by atoms with Crippen molar-refractivity contribution in [2.45, 2.75) is 13.3 Å². The molecular weight excluding hydrogens is 124 g/mol. The summed E-state index contributed by atoms with van der Waals surface area (Å²) in [7, 11) is 0. The zero-order valence-corrected chi connectivity index (χ0v) is 5.61. The molecule has 0 unspecified atom stereocenters. The molecular formula is C6H9ClO. The van der Waals surface area contributed by atoms with Crippen molar-refractivity contribution in [2.75, 3.05) is 5.88 Å². The summed E-state index contributed by atoms with van der Waals surface area (Å²) in [5.41, 5.74) is 0. The molecule has 0 amide bonds. The number of carbonyl (C=O) groups is 1. The number of allylic oxidation sites excluding steroid dienone is 2. The van der Waals surface area contributed by atoms with E-state index in [1.165, 1.54) is 0 Å². The van der Waals surface area contributed by atoms with Gasteiger partial charge in [0.05, 0.1) is 0 Å². The molecule has 0 aromatic rings. The van der Waals surface area contributed by atoms with Gasteiger partial charge in [-0.25, -0.2) is 0 Å². The van der Waals surface area contributed by atoms with Gasteiger partial charge in [0.1, 0.15) is 5.78 Å². The lowest BCUT2D eigenvalue weighted by molar-refractivity contribution is -0.116. The van der Waals surface area contributed by atoms with Gasteiger partial charge < -0.3 is 0 Å². The van der Waals surface area contributed by atoms with Crippen LogP contribution in [0.3, 0.4) is 0 Å². The Bertz CT molecular complexity index is 96.7. The maximum atomic E-state index is 10.2. The largest absolute Gasteiger partial charge is 0.300 e. The van der Waals surface area contributed by atoms with Crippen molar-refractivity contribution in [2.24, 2.45) is 0 Å². The number of halogens is 1. The van der Waals surface area contributed by atoms with Crippen molar-refractivity contribution in [3.63, 3.8) is 0 Å². The molecule has 0 fully saturated rings. The maximum absolute atomic E-state index is 10.2. The molecule has 0 aromatic heterocycles. The van der Waals surface area contributed by atoms with Gasteiger partial charge in [0, 0.05) is 12.3 Å². The molecule has 0 atom stereocenters. The van der Waals surface area contributed by atoms with Crippen LogP contribution in [0.2, 0.25) is 0 Å². The van der Waals surface area contributed by atoms with Crippen LogP contribution in [0, 0.1) is 0 Å². The fraction of sp³-hybridized carbons (Fsp3) is 0.500. The molecule has 0 spiro atoms. The van der Waals surface area contributed by atoms with E-state index in [0.717, 1.165) is 0 Å². The topological polar surface area (TPSA) is 17.1 Å². The Balaban J connectivity index is 3.16. The molecule has 8 heavy (non-hydrogen) atoms. The van der Waals surface area contributed by atoms with E-state index in [1.807, 2.05) is 0 Å². The van der Waals surface area contributed by atoms with E-state index in [0.29, 0.717) is 12.3 Å². The quantitative estimate of drug-likeness (QED) is 0.423. The Hall–Kier alpha value is -0.300. The number of ketones is 1. The second-order valence-corrected chi connectivity index (χ2v) is 1.84. The number of alkyl halides is 1. The predicted octanol–water partition coefficient (Wildman–Crippen LogP) is 1.76. The van der Waals surface area contributed by atoms with Crippen molar-refractivity contribution in [3.05, 3.63) is 12.2 Å². The van der Waals surface area contributed by atoms with Gasteiger partial charge in [0.25, 0.3) is 0 Å². The number of rotatable bonds is 3. The van der Waals surface area contributed by atoms with Crippen LogP contribution in [0.25, 0.3) is 0 Å². The van der Waals surface area contributed by atoms with E-state index >= 15 is 0 Å². The maximum Gasteiger partial charge on any atom is 0.133 e. The van der Waals surface area contributed by atoms with E-state index in [1.54, 1.807) is 19.1 Å². The molecule has 2 heteroatoms. The van der Waals surface area contributed by atoms with E-state index in [2.05, 4.69) is 0 Å². The van der Waals surface area contributed by atoms with Crippen LogP contribution in [-0.4, -0.2) is 11.7 Å². The smallest absolute Gasteiger partial charge is 0.133 e. The summed E-state index contributed by atoms with van der Waals surface area (Å²) in [5.74, 6) is 0.666. The number of carbonyl (C=O) groups excluding carboxylic acids is 1. The normalized spacial score (nSPS) is 10.2. The molecule has 0 radical (unpaired) electrons. The molecule has 0 aromatic carbocycles. The Morgan fingerprint density at radius 2 is 2.25 bits per heavy atom. The molecule has 1 nitrogen and oxygen atoms in total.